The minimum atomic E-state index is -0.559. The molecule has 2 heterocycles. The fraction of sp³-hybridized carbons (Fsp3) is 0.438. The first kappa shape index (κ1) is 16.1. The highest BCUT2D eigenvalue weighted by molar-refractivity contribution is 6.01. The molecular formula is C16H20N4O4. The summed E-state index contributed by atoms with van der Waals surface area (Å²) in [5, 5.41) is 8.29. The Balaban J connectivity index is 1.66. The molecule has 1 fully saturated rings. The van der Waals surface area contributed by atoms with E-state index in [1.54, 1.807) is 30.2 Å². The van der Waals surface area contributed by atoms with Gasteiger partial charge in [-0.25, -0.2) is 4.79 Å². The van der Waals surface area contributed by atoms with Crippen molar-refractivity contribution in [3.8, 4) is 5.75 Å². The Labute approximate surface area is 139 Å². The standard InChI is InChI=1S/C16H20N4O4/c1-24-10-2-3-13-11(8-10)12(9-14(21)19-13)15(22)17-4-6-20-7-5-18-16(20)23/h2-3,8,12H,4-7,9H2,1H3,(H,17,22)(H,18,23)(H,19,21)/t12-/m0/s1. The molecule has 8 heteroatoms. The van der Waals surface area contributed by atoms with E-state index in [-0.39, 0.29) is 24.3 Å². The van der Waals surface area contributed by atoms with Crippen molar-refractivity contribution in [2.24, 2.45) is 0 Å². The van der Waals surface area contributed by atoms with Crippen molar-refractivity contribution in [3.05, 3.63) is 23.8 Å². The van der Waals surface area contributed by atoms with Gasteiger partial charge < -0.3 is 25.6 Å². The van der Waals surface area contributed by atoms with Crippen molar-refractivity contribution in [3.63, 3.8) is 0 Å². The molecule has 1 aromatic rings. The summed E-state index contributed by atoms with van der Waals surface area (Å²) in [5.74, 6) is -0.335. The van der Waals surface area contributed by atoms with E-state index in [9.17, 15) is 14.4 Å². The minimum Gasteiger partial charge on any atom is -0.497 e. The lowest BCUT2D eigenvalue weighted by Gasteiger charge is -2.25. The number of ether oxygens (including phenoxy) is 1. The number of benzene rings is 1. The van der Waals surface area contributed by atoms with Gasteiger partial charge in [-0.2, -0.15) is 0 Å². The normalized spacial score (nSPS) is 19.4. The molecule has 0 saturated carbocycles. The second-order valence-electron chi connectivity index (χ2n) is 5.77. The second-order valence-corrected chi connectivity index (χ2v) is 5.77. The molecule has 128 valence electrons. The lowest BCUT2D eigenvalue weighted by atomic mass is 9.89. The van der Waals surface area contributed by atoms with Crippen LogP contribution in [0.25, 0.3) is 0 Å². The van der Waals surface area contributed by atoms with Gasteiger partial charge in [0.2, 0.25) is 11.8 Å². The fourth-order valence-corrected chi connectivity index (χ4v) is 2.96. The zero-order chi connectivity index (χ0) is 17.1. The number of nitrogens with one attached hydrogen (secondary N) is 3. The van der Waals surface area contributed by atoms with Crippen LogP contribution in [0.2, 0.25) is 0 Å². The monoisotopic (exact) mass is 332 g/mol. The summed E-state index contributed by atoms with van der Waals surface area (Å²) in [7, 11) is 1.55. The van der Waals surface area contributed by atoms with Crippen molar-refractivity contribution < 1.29 is 19.1 Å². The van der Waals surface area contributed by atoms with Crippen LogP contribution in [0.1, 0.15) is 17.9 Å². The van der Waals surface area contributed by atoms with E-state index in [0.717, 1.165) is 5.56 Å². The molecule has 2 aliphatic heterocycles. The highest BCUT2D eigenvalue weighted by Gasteiger charge is 2.31. The molecule has 24 heavy (non-hydrogen) atoms. The number of carbonyl (C=O) groups excluding carboxylic acids is 3. The topological polar surface area (TPSA) is 99.8 Å². The maximum Gasteiger partial charge on any atom is 0.317 e. The molecule has 0 bridgehead atoms. The van der Waals surface area contributed by atoms with Crippen LogP contribution in [-0.2, 0) is 9.59 Å². The van der Waals surface area contributed by atoms with Crippen LogP contribution in [-0.4, -0.2) is 56.0 Å². The van der Waals surface area contributed by atoms with E-state index in [1.165, 1.54) is 0 Å². The molecule has 4 amide bonds. The maximum absolute atomic E-state index is 12.5. The van der Waals surface area contributed by atoms with Crippen molar-refractivity contribution in [1.82, 2.24) is 15.5 Å². The van der Waals surface area contributed by atoms with Gasteiger partial charge in [-0.3, -0.25) is 9.59 Å². The first-order valence-corrected chi connectivity index (χ1v) is 7.87. The highest BCUT2D eigenvalue weighted by Crippen LogP contribution is 2.34. The molecule has 3 N–H and O–H groups in total. The number of rotatable bonds is 5. The van der Waals surface area contributed by atoms with Crippen LogP contribution in [0, 0.1) is 0 Å². The van der Waals surface area contributed by atoms with Gasteiger partial charge in [0.1, 0.15) is 5.75 Å². The van der Waals surface area contributed by atoms with Gasteiger partial charge in [-0.15, -0.1) is 0 Å². The molecule has 0 aliphatic carbocycles. The molecule has 0 radical (unpaired) electrons. The lowest BCUT2D eigenvalue weighted by molar-refractivity contribution is -0.126. The number of fused-ring (bicyclic) bond motifs is 1. The van der Waals surface area contributed by atoms with Gasteiger partial charge in [0.25, 0.3) is 0 Å². The number of amides is 4. The molecule has 8 nitrogen and oxygen atoms in total. The molecule has 2 aliphatic rings. The quantitative estimate of drug-likeness (QED) is 0.720. The molecule has 1 atom stereocenters. The Morgan fingerprint density at radius 1 is 1.42 bits per heavy atom. The Kier molecular flexibility index (Phi) is 4.54. The third-order valence-electron chi connectivity index (χ3n) is 4.24. The summed E-state index contributed by atoms with van der Waals surface area (Å²) in [4.78, 5) is 37.5. The van der Waals surface area contributed by atoms with Crippen LogP contribution in [0.4, 0.5) is 10.5 Å². The zero-order valence-electron chi connectivity index (χ0n) is 13.4. The second kappa shape index (κ2) is 6.77. The van der Waals surface area contributed by atoms with E-state index in [0.29, 0.717) is 37.6 Å². The SMILES string of the molecule is COc1ccc2c(c1)[C@@H](C(=O)NCCN1CCNC1=O)CC(=O)N2. The third-order valence-corrected chi connectivity index (χ3v) is 4.24. The molecule has 1 saturated heterocycles. The van der Waals surface area contributed by atoms with Crippen LogP contribution in [0.3, 0.4) is 0 Å². The summed E-state index contributed by atoms with van der Waals surface area (Å²) >= 11 is 0. The number of anilines is 1. The Morgan fingerprint density at radius 3 is 2.96 bits per heavy atom. The molecule has 0 spiro atoms. The number of hydrogen-bond acceptors (Lipinski definition) is 4. The van der Waals surface area contributed by atoms with Gasteiger partial charge in [0.05, 0.1) is 13.0 Å². The fourth-order valence-electron chi connectivity index (χ4n) is 2.96. The smallest absolute Gasteiger partial charge is 0.317 e. The minimum absolute atomic E-state index is 0.0935. The van der Waals surface area contributed by atoms with Crippen molar-refractivity contribution in [1.29, 1.82) is 0 Å². The molecule has 0 unspecified atom stereocenters. The molecule has 0 aromatic heterocycles. The van der Waals surface area contributed by atoms with Crippen LogP contribution in [0.15, 0.2) is 18.2 Å². The highest BCUT2D eigenvalue weighted by atomic mass is 16.5. The summed E-state index contributed by atoms with van der Waals surface area (Å²) in [6.07, 6.45) is 0.0935. The molecular weight excluding hydrogens is 312 g/mol. The van der Waals surface area contributed by atoms with Crippen LogP contribution >= 0.6 is 0 Å². The number of carbonyl (C=O) groups is 3. The Hall–Kier alpha value is -2.77. The van der Waals surface area contributed by atoms with Gasteiger partial charge in [-0.1, -0.05) is 0 Å². The van der Waals surface area contributed by atoms with Gasteiger partial charge in [0.15, 0.2) is 0 Å². The summed E-state index contributed by atoms with van der Waals surface area (Å²) in [5.41, 5.74) is 1.37. The van der Waals surface area contributed by atoms with Crippen LogP contribution in [0.5, 0.6) is 5.75 Å². The van der Waals surface area contributed by atoms with Gasteiger partial charge in [-0.05, 0) is 23.8 Å². The first-order chi connectivity index (χ1) is 11.6. The number of nitrogens with zero attached hydrogens (tertiary/aromatic N) is 1. The lowest BCUT2D eigenvalue weighted by Crippen LogP contribution is -2.40. The van der Waals surface area contributed by atoms with E-state index in [4.69, 9.17) is 4.74 Å². The summed E-state index contributed by atoms with van der Waals surface area (Å²) < 4.78 is 5.20. The molecule has 3 rings (SSSR count). The predicted molar refractivity (Wildman–Crippen MR) is 87.0 cm³/mol. The molecule has 1 aromatic carbocycles. The average Bonchev–Trinajstić information content (AvgIpc) is 2.98. The summed E-state index contributed by atoms with van der Waals surface area (Å²) in [6.45, 7) is 2.06. The summed E-state index contributed by atoms with van der Waals surface area (Å²) in [6, 6.07) is 5.13. The van der Waals surface area contributed by atoms with E-state index in [2.05, 4.69) is 16.0 Å². The van der Waals surface area contributed by atoms with Crippen molar-refractivity contribution in [2.75, 3.05) is 38.6 Å². The number of urea groups is 1. The number of methoxy groups -OCH3 is 1. The van der Waals surface area contributed by atoms with E-state index in [1.807, 2.05) is 0 Å². The van der Waals surface area contributed by atoms with Gasteiger partial charge in [0, 0.05) is 38.3 Å². The maximum atomic E-state index is 12.5. The first-order valence-electron chi connectivity index (χ1n) is 7.87. The van der Waals surface area contributed by atoms with E-state index >= 15 is 0 Å². The van der Waals surface area contributed by atoms with Crippen molar-refractivity contribution in [2.45, 2.75) is 12.3 Å². The largest absolute Gasteiger partial charge is 0.497 e. The van der Waals surface area contributed by atoms with Gasteiger partial charge >= 0.3 is 6.03 Å². The Bertz CT molecular complexity index is 676. The Morgan fingerprint density at radius 2 is 2.25 bits per heavy atom. The average molecular weight is 332 g/mol. The zero-order valence-corrected chi connectivity index (χ0v) is 13.4. The van der Waals surface area contributed by atoms with E-state index < -0.39 is 5.92 Å². The number of hydrogen-bond donors (Lipinski definition) is 3. The third kappa shape index (κ3) is 3.27. The van der Waals surface area contributed by atoms with Crippen LogP contribution < -0.4 is 20.7 Å². The predicted octanol–water partition coefficient (Wildman–Crippen LogP) is 0.262. The van der Waals surface area contributed by atoms with Crippen molar-refractivity contribution >= 4 is 23.5 Å².